The number of nitrogens with two attached hydrogens (primary N) is 8. The summed E-state index contributed by atoms with van der Waals surface area (Å²) in [7, 11) is 0. The average molecular weight is 2190 g/mol. The molecule has 58 nitrogen and oxygen atoms in total. The fraction of sp³-hybridized carbons (Fsp3) is 0.690. The number of nitrogens with one attached hydrogen (secondary N) is 21. The van der Waals surface area contributed by atoms with E-state index in [1.165, 1.54) is 54.1 Å². The summed E-state index contributed by atoms with van der Waals surface area (Å²) in [5, 5.41) is 88.6. The Kier molecular flexibility index (Phi) is 64.0. The van der Waals surface area contributed by atoms with E-state index < -0.39 is 306 Å². The van der Waals surface area contributed by atoms with Gasteiger partial charge in [0.05, 0.1) is 44.3 Å². The highest BCUT2D eigenvalue weighted by molar-refractivity contribution is 7.80. The third kappa shape index (κ3) is 51.8. The van der Waals surface area contributed by atoms with E-state index in [-0.39, 0.29) is 138 Å². The number of carboxylic acids is 1. The lowest BCUT2D eigenvalue weighted by Gasteiger charge is -2.28. The van der Waals surface area contributed by atoms with E-state index in [9.17, 15) is 126 Å². The molecule has 0 spiro atoms. The molecule has 0 fully saturated rings. The molecule has 0 aliphatic rings. The Labute approximate surface area is 883 Å². The molecule has 1 heterocycles. The van der Waals surface area contributed by atoms with E-state index in [2.05, 4.69) is 177 Å². The van der Waals surface area contributed by atoms with Gasteiger partial charge >= 0.3 is 5.97 Å². The van der Waals surface area contributed by atoms with Crippen LogP contribution in [-0.2, 0) is 112 Å². The van der Waals surface area contributed by atoms with Crippen LogP contribution in [0.4, 0.5) is 0 Å². The van der Waals surface area contributed by atoms with Crippen molar-refractivity contribution in [2.75, 3.05) is 68.9 Å². The molecule has 149 heavy (non-hydrogen) atoms. The number of rotatable bonds is 73. The molecule has 62 heteroatoms. The SMILES string of the molecule is CC(C)C[C@H](NC(=O)[C@H](C)NC(=O)[C@@H](N)CO)C(=O)N[C@@H](C)C(=O)N[C@@H](CC(N)=O)C(=O)N[C@@H](CCCCN)C(=O)N[C@@H](CS)C(=O)N[C@@H](CS)C(=O)N[C@@H](Cc1c[nH]cn1)C(=O)N[C@H](C(=O)NCC(=O)N[C@@H](CS)C(=O)N[C@H](C(=O)N[C@@H](CCCCN)C(=O)N[C@@H](CCCN=C(N)N)C(=O)N[C@@H](CO)C(=O)N[C@@H](CC(C)C)C(=O)N[C@@H](C)C(=O)N[C@@H](CCCN=C(N)N)C(=O)N[C@@H](C)C(=O)N[C@@H](CS)C(=O)O)[C@@H](C)O)C(C)C. The summed E-state index contributed by atoms with van der Waals surface area (Å²) in [6, 6.07) is -30.6. The number of hydrogen-bond donors (Lipinski definition) is 37. The highest BCUT2D eigenvalue weighted by Gasteiger charge is 2.41. The summed E-state index contributed by atoms with van der Waals surface area (Å²) in [5.74, 6) is -26.3. The molecule has 1 rings (SSSR count). The van der Waals surface area contributed by atoms with Crippen LogP contribution in [0.15, 0.2) is 22.5 Å². The minimum Gasteiger partial charge on any atom is -0.480 e. The van der Waals surface area contributed by atoms with Gasteiger partial charge in [0.1, 0.15) is 121 Å². The summed E-state index contributed by atoms with van der Waals surface area (Å²) in [4.78, 5) is 315. The Morgan fingerprint density at radius 3 is 1.04 bits per heavy atom. The average Bonchev–Trinajstić information content (AvgIpc) is 1.53. The minimum atomic E-state index is -1.92. The van der Waals surface area contributed by atoms with Gasteiger partial charge in [0.15, 0.2) is 11.9 Å². The molecule has 0 bridgehead atoms. The van der Waals surface area contributed by atoms with Crippen molar-refractivity contribution >= 4 is 192 Å². The Balaban J connectivity index is 3.46. The maximum absolute atomic E-state index is 14.5. The van der Waals surface area contributed by atoms with Crippen molar-refractivity contribution in [2.45, 2.75) is 293 Å². The van der Waals surface area contributed by atoms with Crippen molar-refractivity contribution in [1.29, 1.82) is 0 Å². The number of aliphatic hydroxyl groups excluding tert-OH is 3. The second kappa shape index (κ2) is 71.0. The molecular weight excluding hydrogens is 2040 g/mol. The fourth-order valence-electron chi connectivity index (χ4n) is 13.6. The summed E-state index contributed by atoms with van der Waals surface area (Å²) in [5.41, 5.74) is 44.8. The molecule has 0 radical (unpaired) electrons. The molecule has 0 aliphatic heterocycles. The van der Waals surface area contributed by atoms with Crippen molar-refractivity contribution in [3.63, 3.8) is 0 Å². The minimum absolute atomic E-state index is 0.00776. The smallest absolute Gasteiger partial charge is 0.327 e. The van der Waals surface area contributed by atoms with Crippen LogP contribution in [-0.4, -0.2) is 368 Å². The van der Waals surface area contributed by atoms with Gasteiger partial charge in [-0.2, -0.15) is 50.5 Å². The Bertz CT molecular complexity index is 4660. The number of hydrogen-bond acceptors (Lipinski definition) is 35. The molecule has 1 aromatic heterocycles. The number of H-pyrrole nitrogens is 1. The molecule has 0 aromatic carbocycles. The number of imidazole rings is 1. The van der Waals surface area contributed by atoms with Crippen molar-refractivity contribution in [3.05, 3.63) is 18.2 Å². The normalized spacial score (nSPS) is 15.4. The van der Waals surface area contributed by atoms with Crippen molar-refractivity contribution < 1.29 is 126 Å². The summed E-state index contributed by atoms with van der Waals surface area (Å²) in [6.45, 7) is 13.3. The first-order valence-corrected chi connectivity index (χ1v) is 50.6. The third-order valence-electron chi connectivity index (χ3n) is 22.0. The number of carbonyl (C=O) groups excluding carboxylic acids is 21. The number of carbonyl (C=O) groups is 22. The first-order valence-electron chi connectivity index (χ1n) is 48.1. The van der Waals surface area contributed by atoms with Crippen LogP contribution < -0.4 is 152 Å². The van der Waals surface area contributed by atoms with E-state index in [0.717, 1.165) is 6.92 Å². The third-order valence-corrected chi connectivity index (χ3v) is 23.4. The number of aliphatic imine (C=N–C) groups is 2. The summed E-state index contributed by atoms with van der Waals surface area (Å²) in [6.07, 6.45) is -0.216. The number of thiol groups is 4. The maximum Gasteiger partial charge on any atom is 0.327 e. The van der Waals surface area contributed by atoms with Gasteiger partial charge in [0.2, 0.25) is 124 Å². The van der Waals surface area contributed by atoms with Gasteiger partial charge in [-0.05, 0) is 143 Å². The number of nitrogens with zero attached hydrogens (tertiary/aromatic N) is 3. The zero-order valence-electron chi connectivity index (χ0n) is 85.2. The summed E-state index contributed by atoms with van der Waals surface area (Å²) >= 11 is 16.6. The molecule has 41 N–H and O–H groups in total. The topological polar surface area (TPSA) is 959 Å². The zero-order valence-corrected chi connectivity index (χ0v) is 88.8. The van der Waals surface area contributed by atoms with E-state index in [1.807, 2.05) is 0 Å². The molecular formula is C87H154N32O26S4. The monoisotopic (exact) mass is 2190 g/mol. The number of aliphatic carboxylic acids is 1. The Morgan fingerprint density at radius 1 is 0.356 bits per heavy atom. The second-order valence-electron chi connectivity index (χ2n) is 36.2. The van der Waals surface area contributed by atoms with Crippen LogP contribution in [0.3, 0.4) is 0 Å². The molecule has 0 aliphatic carbocycles. The van der Waals surface area contributed by atoms with Gasteiger partial charge in [0, 0.05) is 48.7 Å². The highest BCUT2D eigenvalue weighted by Crippen LogP contribution is 2.15. The van der Waals surface area contributed by atoms with Crippen LogP contribution in [0.5, 0.6) is 0 Å². The number of aromatic nitrogens is 2. The van der Waals surface area contributed by atoms with Gasteiger partial charge in [-0.25, -0.2) is 9.78 Å². The molecule has 842 valence electrons. The number of carboxylic acid groups (broad SMARTS) is 1. The van der Waals surface area contributed by atoms with Crippen molar-refractivity contribution in [2.24, 2.45) is 73.6 Å². The van der Waals surface area contributed by atoms with Gasteiger partial charge < -0.3 is 178 Å². The van der Waals surface area contributed by atoms with Gasteiger partial charge in [-0.3, -0.25) is 111 Å². The lowest BCUT2D eigenvalue weighted by Crippen LogP contribution is -2.62. The van der Waals surface area contributed by atoms with Crippen LogP contribution in [0.1, 0.15) is 165 Å². The quantitative estimate of drug-likeness (QED) is 0.0125. The number of guanidine groups is 2. The molecule has 1 aromatic rings. The van der Waals surface area contributed by atoms with Gasteiger partial charge in [-0.15, -0.1) is 0 Å². The molecule has 21 atom stereocenters. The maximum atomic E-state index is 14.5. The predicted octanol–water partition coefficient (Wildman–Crippen LogP) is -14.2. The van der Waals surface area contributed by atoms with Gasteiger partial charge in [0.25, 0.3) is 0 Å². The highest BCUT2D eigenvalue weighted by atomic mass is 32.1. The number of primary amides is 1. The first kappa shape index (κ1) is 134. The molecule has 21 amide bonds. The van der Waals surface area contributed by atoms with Crippen LogP contribution in [0.25, 0.3) is 0 Å². The van der Waals surface area contributed by atoms with Crippen molar-refractivity contribution in [3.8, 4) is 0 Å². The summed E-state index contributed by atoms with van der Waals surface area (Å²) < 4.78 is 0. The number of unbranched alkanes of at least 4 members (excludes halogenated alkanes) is 2. The molecule has 0 saturated heterocycles. The predicted molar refractivity (Wildman–Crippen MR) is 555 cm³/mol. The standard InChI is InChI=1S/C87H154N32O26S4/c1-39(2)26-53(110-67(126)42(7)101-70(129)48(90)32-120)75(134)104-44(9)68(127)111-56(29-62(91)123)77(136)108-49(18-12-14-22-88)74(133)115-60(36-148)81(140)116-59(35-147)80(139)113-55(28-47-30-96-38-100-47)78(137)118-64(41(5)6)83(142)99-31-63(124)105-58(34-146)82(141)119-65(46(11)122)84(143)109-50(19-13-15-23-89)72(131)107-52(21-17-25-98-87(94)95)73(132)114-57(33-121)79(138)112-54(27-40(3)4)76(135)103-43(8)66(125)106-51(20-16-24-97-86(92)93)71(130)102-45(10)69(128)117-61(37-149)85(144)145/h30,38-46,48-61,64-65,120-122,146-149H,12-29,31-37,88-90H2,1-11H3,(H2,91,123)(H,96,100)(H,99,142)(H,101,129)(H,102,130)(H,103,135)(H,104,134)(H,105,124)(H,106,125)(H,107,131)(H,108,136)(H,109,143)(H,110,126)(H,111,127)(H,112,138)(H,113,139)(H,114,132)(H,115,133)(H,116,140)(H,117,128)(H,118,137)(H,119,141)(H,144,145)(H4,92,93,97)(H4,94,95,98)/t42-,43-,44-,45-,46+,48-,49-,50-,51-,52-,53-,54-,55-,56-,57-,58-,59-,60-,61-,64-,65-/m0/s1. The Morgan fingerprint density at radius 2 is 0.671 bits per heavy atom. The first-order chi connectivity index (χ1) is 70.0. The largest absolute Gasteiger partial charge is 0.480 e. The van der Waals surface area contributed by atoms with E-state index >= 15 is 0 Å². The lowest BCUT2D eigenvalue weighted by molar-refractivity contribution is -0.141. The number of aliphatic hydroxyl groups is 3. The number of amides is 21. The molecule has 0 saturated carbocycles. The number of aromatic amines is 1. The van der Waals surface area contributed by atoms with Crippen LogP contribution >= 0.6 is 50.5 Å². The van der Waals surface area contributed by atoms with Gasteiger partial charge in [-0.1, -0.05) is 41.5 Å². The lowest BCUT2D eigenvalue weighted by atomic mass is 10.0. The fourth-order valence-corrected chi connectivity index (χ4v) is 14.6. The van der Waals surface area contributed by atoms with Crippen molar-refractivity contribution in [1.82, 2.24) is 116 Å². The van der Waals surface area contributed by atoms with E-state index in [1.54, 1.807) is 27.7 Å². The van der Waals surface area contributed by atoms with E-state index in [0.29, 0.717) is 6.42 Å². The Hall–Kier alpha value is -12.7. The van der Waals surface area contributed by atoms with Crippen LogP contribution in [0.2, 0.25) is 0 Å². The van der Waals surface area contributed by atoms with E-state index in [4.69, 9.17) is 45.9 Å². The zero-order chi connectivity index (χ0) is 113. The molecule has 0 unspecified atom stereocenters. The second-order valence-corrected chi connectivity index (χ2v) is 37.6. The van der Waals surface area contributed by atoms with Crippen LogP contribution in [0, 0.1) is 17.8 Å².